The number of nitrogens with zero attached hydrogens (tertiary/aromatic N) is 4. The molecular weight excluding hydrogens is 370 g/mol. The Balaban J connectivity index is 1.39. The van der Waals surface area contributed by atoms with Gasteiger partial charge in [0.05, 0.1) is 6.54 Å². The van der Waals surface area contributed by atoms with E-state index in [4.69, 9.17) is 9.15 Å². The second-order valence-electron chi connectivity index (χ2n) is 6.95. The van der Waals surface area contributed by atoms with Crippen LogP contribution in [0.3, 0.4) is 0 Å². The van der Waals surface area contributed by atoms with Crippen LogP contribution in [0.25, 0.3) is 11.0 Å². The van der Waals surface area contributed by atoms with Crippen LogP contribution in [0.5, 0.6) is 0 Å². The van der Waals surface area contributed by atoms with Crippen molar-refractivity contribution < 1.29 is 13.9 Å². The minimum Gasteiger partial charge on any atom is -0.442 e. The maximum absolute atomic E-state index is 13.0. The molecule has 8 heteroatoms. The summed E-state index contributed by atoms with van der Waals surface area (Å²) in [6, 6.07) is 15.1. The number of hydrogen-bond acceptors (Lipinski definition) is 6. The summed E-state index contributed by atoms with van der Waals surface area (Å²) in [5, 5.41) is 10.6. The first kappa shape index (κ1) is 17.6. The van der Waals surface area contributed by atoms with E-state index in [1.807, 2.05) is 30.3 Å². The molecule has 0 saturated heterocycles. The molecule has 5 rings (SSSR count). The van der Waals surface area contributed by atoms with E-state index in [9.17, 15) is 4.79 Å². The number of H-pyrrole nitrogens is 1. The molecule has 29 heavy (non-hydrogen) atoms. The van der Waals surface area contributed by atoms with E-state index >= 15 is 0 Å². The predicted molar refractivity (Wildman–Crippen MR) is 104 cm³/mol. The number of benzene rings is 2. The van der Waals surface area contributed by atoms with Gasteiger partial charge in [0.25, 0.3) is 5.91 Å². The van der Waals surface area contributed by atoms with E-state index < -0.39 is 0 Å². The summed E-state index contributed by atoms with van der Waals surface area (Å²) in [6.45, 7) is 0.972. The molecule has 0 bridgehead atoms. The number of nitrogens with one attached hydrogen (secondary N) is 1. The molecule has 1 aliphatic rings. The minimum atomic E-state index is -0.375. The van der Waals surface area contributed by atoms with Crippen molar-refractivity contribution >= 4 is 16.9 Å². The summed E-state index contributed by atoms with van der Waals surface area (Å²) in [6.07, 6.45) is 0.242. The molecule has 0 saturated carbocycles. The van der Waals surface area contributed by atoms with Gasteiger partial charge in [-0.25, -0.2) is 4.98 Å². The van der Waals surface area contributed by atoms with Gasteiger partial charge in [-0.3, -0.25) is 4.79 Å². The van der Waals surface area contributed by atoms with Crippen molar-refractivity contribution in [1.29, 1.82) is 0 Å². The Morgan fingerprint density at radius 3 is 2.83 bits per heavy atom. The summed E-state index contributed by atoms with van der Waals surface area (Å²) < 4.78 is 11.6. The third kappa shape index (κ3) is 3.17. The van der Waals surface area contributed by atoms with Crippen molar-refractivity contribution in [3.8, 4) is 0 Å². The number of carbonyl (C=O) groups is 1. The van der Waals surface area contributed by atoms with Crippen LogP contribution in [-0.4, -0.2) is 44.9 Å². The highest BCUT2D eigenvalue weighted by atomic mass is 16.5. The third-order valence-corrected chi connectivity index (χ3v) is 5.16. The fourth-order valence-corrected chi connectivity index (χ4v) is 3.67. The van der Waals surface area contributed by atoms with Gasteiger partial charge in [-0.15, -0.1) is 0 Å². The third-order valence-electron chi connectivity index (χ3n) is 5.16. The molecule has 1 amide bonds. The Morgan fingerprint density at radius 1 is 1.17 bits per heavy atom. The minimum absolute atomic E-state index is 0.0588. The van der Waals surface area contributed by atoms with Gasteiger partial charge in [0.15, 0.2) is 6.10 Å². The van der Waals surface area contributed by atoms with Gasteiger partial charge < -0.3 is 14.1 Å². The molecular formula is C21H19N5O3. The highest BCUT2D eigenvalue weighted by molar-refractivity contribution is 5.97. The zero-order valence-electron chi connectivity index (χ0n) is 15.8. The Morgan fingerprint density at radius 2 is 2.00 bits per heavy atom. The summed E-state index contributed by atoms with van der Waals surface area (Å²) in [7, 11) is 1.64. The molecule has 1 unspecified atom stereocenters. The number of amides is 1. The molecule has 146 valence electrons. The molecule has 1 N–H and O–H groups in total. The lowest BCUT2D eigenvalue weighted by Crippen LogP contribution is -2.35. The average molecular weight is 389 g/mol. The molecule has 1 aliphatic heterocycles. The van der Waals surface area contributed by atoms with Crippen LogP contribution in [0.4, 0.5) is 0 Å². The lowest BCUT2D eigenvalue weighted by molar-refractivity contribution is 0.0727. The molecule has 0 radical (unpaired) electrons. The van der Waals surface area contributed by atoms with Gasteiger partial charge in [0.2, 0.25) is 5.89 Å². The van der Waals surface area contributed by atoms with E-state index in [2.05, 4.69) is 20.4 Å². The number of rotatable bonds is 4. The Hall–Kier alpha value is -3.52. The van der Waals surface area contributed by atoms with Gasteiger partial charge in [-0.2, -0.15) is 15.4 Å². The summed E-state index contributed by atoms with van der Waals surface area (Å²) in [5.74, 6) is 1.27. The van der Waals surface area contributed by atoms with E-state index in [-0.39, 0.29) is 12.0 Å². The molecule has 0 fully saturated rings. The number of hydrogen-bond donors (Lipinski definition) is 1. The Labute approximate surface area is 166 Å². The van der Waals surface area contributed by atoms with Gasteiger partial charge in [-0.05, 0) is 23.8 Å². The van der Waals surface area contributed by atoms with E-state index in [1.165, 1.54) is 0 Å². The van der Waals surface area contributed by atoms with Gasteiger partial charge in [-0.1, -0.05) is 30.3 Å². The number of carbonyl (C=O) groups excluding carboxylic acids is 1. The normalized spacial score (nSPS) is 14.7. The first-order valence-corrected chi connectivity index (χ1v) is 9.39. The molecule has 4 aromatic rings. The molecule has 8 nitrogen and oxygen atoms in total. The van der Waals surface area contributed by atoms with Crippen molar-refractivity contribution in [2.24, 2.45) is 0 Å². The van der Waals surface area contributed by atoms with Gasteiger partial charge in [0.1, 0.15) is 22.5 Å². The van der Waals surface area contributed by atoms with Crippen molar-refractivity contribution in [2.45, 2.75) is 19.1 Å². The van der Waals surface area contributed by atoms with Crippen LogP contribution in [0, 0.1) is 0 Å². The van der Waals surface area contributed by atoms with E-state index in [1.54, 1.807) is 30.2 Å². The number of aromatic nitrogens is 4. The topological polar surface area (TPSA) is 97.1 Å². The fourth-order valence-electron chi connectivity index (χ4n) is 3.67. The van der Waals surface area contributed by atoms with Crippen molar-refractivity contribution in [3.63, 3.8) is 0 Å². The monoisotopic (exact) mass is 389 g/mol. The zero-order chi connectivity index (χ0) is 19.8. The number of fused-ring (bicyclic) bond motifs is 2. The van der Waals surface area contributed by atoms with E-state index in [0.29, 0.717) is 36.5 Å². The Kier molecular flexibility index (Phi) is 4.33. The first-order valence-electron chi connectivity index (χ1n) is 9.39. The fraction of sp³-hybridized carbons (Fsp3) is 0.238. The van der Waals surface area contributed by atoms with Gasteiger partial charge >= 0.3 is 0 Å². The quantitative estimate of drug-likeness (QED) is 0.576. The smallest absolute Gasteiger partial charge is 0.254 e. The van der Waals surface area contributed by atoms with Crippen LogP contribution in [0.15, 0.2) is 52.9 Å². The lowest BCUT2D eigenvalue weighted by atomic mass is 10.1. The molecule has 0 aliphatic carbocycles. The first-order chi connectivity index (χ1) is 14.2. The highest BCUT2D eigenvalue weighted by Crippen LogP contribution is 2.29. The number of ether oxygens (including phenoxy) is 1. The maximum atomic E-state index is 13.0. The predicted octanol–water partition coefficient (Wildman–Crippen LogP) is 2.88. The number of oxazole rings is 1. The molecule has 3 heterocycles. The van der Waals surface area contributed by atoms with Crippen LogP contribution in [0.2, 0.25) is 0 Å². The Bertz CT molecular complexity index is 1170. The second-order valence-corrected chi connectivity index (χ2v) is 6.95. The van der Waals surface area contributed by atoms with Crippen LogP contribution < -0.4 is 0 Å². The number of aromatic amines is 1. The van der Waals surface area contributed by atoms with Crippen LogP contribution in [0.1, 0.15) is 39.4 Å². The second kappa shape index (κ2) is 7.14. The summed E-state index contributed by atoms with van der Waals surface area (Å²) in [5.41, 5.74) is 3.73. The van der Waals surface area contributed by atoms with Crippen molar-refractivity contribution in [3.05, 3.63) is 77.0 Å². The SMILES string of the molecule is COC(c1ccccc1)c1nc2c(o1)CCN(C(=O)c1ccc3n[nH]nc3c1)C2. The van der Waals surface area contributed by atoms with Crippen LogP contribution in [-0.2, 0) is 17.7 Å². The zero-order valence-corrected chi connectivity index (χ0v) is 15.8. The summed E-state index contributed by atoms with van der Waals surface area (Å²) >= 11 is 0. The largest absolute Gasteiger partial charge is 0.442 e. The van der Waals surface area contributed by atoms with Gasteiger partial charge in [0, 0.05) is 25.6 Å². The molecule has 0 spiro atoms. The summed E-state index contributed by atoms with van der Waals surface area (Å²) in [4.78, 5) is 19.4. The lowest BCUT2D eigenvalue weighted by Gasteiger charge is -2.25. The standard InChI is InChI=1S/C21H19N5O3/c1-28-19(13-5-3-2-4-6-13)20-22-17-12-26(10-9-18(17)29-20)21(27)14-7-8-15-16(11-14)24-25-23-15/h2-8,11,19H,9-10,12H2,1H3,(H,23,24,25). The maximum Gasteiger partial charge on any atom is 0.254 e. The molecule has 1 atom stereocenters. The molecule has 2 aromatic carbocycles. The van der Waals surface area contributed by atoms with E-state index in [0.717, 1.165) is 22.5 Å². The molecule has 2 aromatic heterocycles. The van der Waals surface area contributed by atoms with Crippen molar-refractivity contribution in [2.75, 3.05) is 13.7 Å². The average Bonchev–Trinajstić information content (AvgIpc) is 3.40. The van der Waals surface area contributed by atoms with Crippen molar-refractivity contribution in [1.82, 2.24) is 25.3 Å². The highest BCUT2D eigenvalue weighted by Gasteiger charge is 2.29. The van der Waals surface area contributed by atoms with Crippen LogP contribution >= 0.6 is 0 Å². The number of methoxy groups -OCH3 is 1.